The minimum atomic E-state index is -0.839. The summed E-state index contributed by atoms with van der Waals surface area (Å²) in [6.07, 6.45) is 6.05. The van der Waals surface area contributed by atoms with E-state index in [0.717, 1.165) is 36.1 Å². The van der Waals surface area contributed by atoms with Crippen molar-refractivity contribution in [3.63, 3.8) is 0 Å². The topological polar surface area (TPSA) is 77.8 Å². The van der Waals surface area contributed by atoms with Crippen molar-refractivity contribution >= 4 is 17.5 Å². The van der Waals surface area contributed by atoms with Crippen LogP contribution in [0.2, 0.25) is 0 Å². The number of aromatic nitrogens is 1. The lowest BCUT2D eigenvalue weighted by atomic mass is 9.74. The van der Waals surface area contributed by atoms with E-state index in [0.29, 0.717) is 18.5 Å². The van der Waals surface area contributed by atoms with Crippen molar-refractivity contribution in [2.75, 3.05) is 14.2 Å². The minimum Gasteiger partial charge on any atom is -0.505 e. The van der Waals surface area contributed by atoms with Gasteiger partial charge in [-0.2, -0.15) is 0 Å². The zero-order valence-corrected chi connectivity index (χ0v) is 16.0. The third-order valence-corrected chi connectivity index (χ3v) is 5.90. The van der Waals surface area contributed by atoms with Gasteiger partial charge in [0, 0.05) is 11.8 Å². The first-order valence-electron chi connectivity index (χ1n) is 9.46. The van der Waals surface area contributed by atoms with Crippen LogP contribution >= 0.6 is 0 Å². The molecule has 2 aromatic rings. The predicted octanol–water partition coefficient (Wildman–Crippen LogP) is 3.85. The Bertz CT molecular complexity index is 961. The summed E-state index contributed by atoms with van der Waals surface area (Å²) in [5.74, 6) is -0.693. The number of ketones is 1. The van der Waals surface area contributed by atoms with Crippen LogP contribution in [0.5, 0.6) is 5.75 Å². The highest BCUT2D eigenvalue weighted by atomic mass is 16.5. The van der Waals surface area contributed by atoms with Crippen LogP contribution in [0.3, 0.4) is 0 Å². The van der Waals surface area contributed by atoms with Crippen LogP contribution in [0.4, 0.5) is 0 Å². The van der Waals surface area contributed by atoms with Crippen molar-refractivity contribution in [3.8, 4) is 16.9 Å². The Morgan fingerprint density at radius 3 is 2.36 bits per heavy atom. The highest BCUT2D eigenvalue weighted by molar-refractivity contribution is 6.25. The molecule has 1 aromatic heterocycles. The van der Waals surface area contributed by atoms with Crippen LogP contribution in [0.1, 0.15) is 37.8 Å². The molecule has 0 radical (unpaired) electrons. The fourth-order valence-corrected chi connectivity index (χ4v) is 4.41. The van der Waals surface area contributed by atoms with Crippen molar-refractivity contribution in [1.29, 1.82) is 0 Å². The smallest absolute Gasteiger partial charge is 0.345 e. The van der Waals surface area contributed by atoms with Gasteiger partial charge in [-0.3, -0.25) is 4.79 Å². The Kier molecular flexibility index (Phi) is 4.49. The average molecular weight is 381 g/mol. The molecular weight excluding hydrogens is 358 g/mol. The van der Waals surface area contributed by atoms with Gasteiger partial charge >= 0.3 is 5.97 Å². The highest BCUT2D eigenvalue weighted by Crippen LogP contribution is 2.45. The van der Waals surface area contributed by atoms with Crippen LogP contribution in [0.25, 0.3) is 16.9 Å². The van der Waals surface area contributed by atoms with Gasteiger partial charge in [-0.05, 0) is 36.6 Å². The molecule has 146 valence electrons. The summed E-state index contributed by atoms with van der Waals surface area (Å²) >= 11 is 0. The lowest BCUT2D eigenvalue weighted by Crippen LogP contribution is -2.48. The van der Waals surface area contributed by atoms with Gasteiger partial charge in [-0.25, -0.2) is 4.79 Å². The second-order valence-electron chi connectivity index (χ2n) is 7.35. The summed E-state index contributed by atoms with van der Waals surface area (Å²) in [5.41, 5.74) is 1.21. The van der Waals surface area contributed by atoms with Gasteiger partial charge in [-0.1, -0.05) is 31.4 Å². The van der Waals surface area contributed by atoms with E-state index in [2.05, 4.69) is 0 Å². The molecule has 2 aliphatic rings. The number of hydrogen-bond acceptors (Lipinski definition) is 5. The zero-order valence-electron chi connectivity index (χ0n) is 16.0. The van der Waals surface area contributed by atoms with Crippen LogP contribution in [-0.2, 0) is 19.9 Å². The van der Waals surface area contributed by atoms with Crippen molar-refractivity contribution < 1.29 is 24.2 Å². The van der Waals surface area contributed by atoms with Crippen LogP contribution < -0.4 is 4.74 Å². The van der Waals surface area contributed by atoms with Crippen molar-refractivity contribution in [3.05, 3.63) is 47.8 Å². The minimum absolute atomic E-state index is 0.240. The molecule has 1 aromatic carbocycles. The largest absolute Gasteiger partial charge is 0.505 e. The van der Waals surface area contributed by atoms with E-state index in [-0.39, 0.29) is 17.1 Å². The highest BCUT2D eigenvalue weighted by Gasteiger charge is 2.50. The third kappa shape index (κ3) is 2.63. The lowest BCUT2D eigenvalue weighted by molar-refractivity contribution is -0.140. The number of ether oxygens (including phenoxy) is 2. The molecule has 1 spiro atoms. The number of fused-ring (bicyclic) bond motifs is 2. The lowest BCUT2D eigenvalue weighted by Gasteiger charge is -2.41. The number of methoxy groups -OCH3 is 2. The van der Waals surface area contributed by atoms with E-state index in [1.165, 1.54) is 7.11 Å². The Labute approximate surface area is 163 Å². The van der Waals surface area contributed by atoms with Gasteiger partial charge < -0.3 is 19.1 Å². The molecule has 2 heterocycles. The number of carbonyl (C=O) groups is 2. The molecule has 1 aliphatic heterocycles. The number of rotatable bonds is 3. The molecular formula is C22H23NO5. The van der Waals surface area contributed by atoms with Crippen LogP contribution in [-0.4, -0.2) is 35.6 Å². The molecule has 1 aliphatic carbocycles. The summed E-state index contributed by atoms with van der Waals surface area (Å²) < 4.78 is 11.9. The summed E-state index contributed by atoms with van der Waals surface area (Å²) in [6, 6.07) is 9.41. The monoisotopic (exact) mass is 381 g/mol. The molecule has 1 fully saturated rings. The number of carbonyl (C=O) groups excluding carboxylic acids is 2. The SMILES string of the molecule is COC(=O)C1=C(O)c2cc(-c3ccc(OC)cc3)cn2C2(CCCCC2)C1=O. The molecule has 6 nitrogen and oxygen atoms in total. The molecule has 28 heavy (non-hydrogen) atoms. The number of aliphatic hydroxyl groups excluding tert-OH is 1. The fourth-order valence-electron chi connectivity index (χ4n) is 4.41. The first-order chi connectivity index (χ1) is 13.5. The maximum Gasteiger partial charge on any atom is 0.345 e. The first kappa shape index (κ1) is 18.3. The second kappa shape index (κ2) is 6.86. The van der Waals surface area contributed by atoms with E-state index in [4.69, 9.17) is 9.47 Å². The van der Waals surface area contributed by atoms with E-state index in [9.17, 15) is 14.7 Å². The Balaban J connectivity index is 1.90. The van der Waals surface area contributed by atoms with Gasteiger partial charge in [0.2, 0.25) is 0 Å². The number of hydrogen-bond donors (Lipinski definition) is 1. The molecule has 0 atom stereocenters. The molecule has 4 rings (SSSR count). The zero-order chi connectivity index (χ0) is 19.9. The number of Topliss-reactive ketones (excluding diaryl/α,β-unsaturated/α-hetero) is 1. The molecule has 6 heteroatoms. The van der Waals surface area contributed by atoms with Gasteiger partial charge in [-0.15, -0.1) is 0 Å². The molecule has 0 amide bonds. The average Bonchev–Trinajstić information content (AvgIpc) is 3.20. The van der Waals surface area contributed by atoms with Crippen molar-refractivity contribution in [2.24, 2.45) is 0 Å². The van der Waals surface area contributed by atoms with E-state index in [1.807, 2.05) is 41.1 Å². The Morgan fingerprint density at radius 1 is 1.07 bits per heavy atom. The third-order valence-electron chi connectivity index (χ3n) is 5.90. The van der Waals surface area contributed by atoms with Crippen LogP contribution in [0.15, 0.2) is 42.1 Å². The Hall–Kier alpha value is -3.02. The van der Waals surface area contributed by atoms with Gasteiger partial charge in [0.25, 0.3) is 0 Å². The van der Waals surface area contributed by atoms with Gasteiger partial charge in [0.05, 0.1) is 19.9 Å². The van der Waals surface area contributed by atoms with E-state index < -0.39 is 11.5 Å². The maximum atomic E-state index is 13.3. The van der Waals surface area contributed by atoms with Crippen molar-refractivity contribution in [1.82, 2.24) is 4.57 Å². The normalized spacial score (nSPS) is 18.1. The van der Waals surface area contributed by atoms with E-state index in [1.54, 1.807) is 7.11 Å². The number of aliphatic hydroxyl groups is 1. The Morgan fingerprint density at radius 2 is 1.75 bits per heavy atom. The fraction of sp³-hybridized carbons (Fsp3) is 0.364. The second-order valence-corrected chi connectivity index (χ2v) is 7.35. The summed E-state index contributed by atoms with van der Waals surface area (Å²) in [4.78, 5) is 25.6. The standard InChI is InChI=1S/C22H23NO5/c1-27-16-8-6-14(7-9-16)15-12-17-19(24)18(21(26)28-2)20(25)22(23(17)13-15)10-4-3-5-11-22/h6-9,12-13,24H,3-5,10-11H2,1-2H3. The molecule has 0 saturated heterocycles. The van der Waals surface area contributed by atoms with E-state index >= 15 is 0 Å². The molecule has 1 N–H and O–H groups in total. The van der Waals surface area contributed by atoms with Gasteiger partial charge in [0.15, 0.2) is 11.5 Å². The summed E-state index contributed by atoms with van der Waals surface area (Å²) in [7, 11) is 2.83. The first-order valence-corrected chi connectivity index (χ1v) is 9.46. The molecule has 0 unspecified atom stereocenters. The molecule has 1 saturated carbocycles. The van der Waals surface area contributed by atoms with Crippen LogP contribution in [0, 0.1) is 0 Å². The predicted molar refractivity (Wildman–Crippen MR) is 104 cm³/mol. The summed E-state index contributed by atoms with van der Waals surface area (Å²) in [5, 5.41) is 10.8. The molecule has 0 bridgehead atoms. The number of nitrogens with zero attached hydrogens (tertiary/aromatic N) is 1. The number of esters is 1. The quantitative estimate of drug-likeness (QED) is 0.645. The van der Waals surface area contributed by atoms with Crippen molar-refractivity contribution in [2.45, 2.75) is 37.6 Å². The maximum absolute atomic E-state index is 13.3. The van der Waals surface area contributed by atoms with Gasteiger partial charge in [0.1, 0.15) is 16.9 Å². The number of benzene rings is 1. The summed E-state index contributed by atoms with van der Waals surface area (Å²) in [6.45, 7) is 0.